The molecule has 0 aromatic carbocycles. The van der Waals surface area contributed by atoms with Crippen LogP contribution in [0.15, 0.2) is 22.5 Å². The Morgan fingerprint density at radius 3 is 2.33 bits per heavy atom. The molecule has 0 N–H and O–H groups in total. The van der Waals surface area contributed by atoms with E-state index in [1.807, 2.05) is 6.92 Å². The highest BCUT2D eigenvalue weighted by Gasteiger charge is 1.38. The Bertz CT molecular complexity index is 87.1. The largest absolute Gasteiger partial charge is 0.0744 e. The first-order chi connectivity index (χ1) is 2.91. The van der Waals surface area contributed by atoms with E-state index < -0.39 is 0 Å². The third-order valence-electron chi connectivity index (χ3n) is 0.282. The molecule has 6 heavy (non-hydrogen) atoms. The summed E-state index contributed by atoms with van der Waals surface area (Å²) in [5.74, 6) is 0. The smallest absolute Gasteiger partial charge is 0.0316 e. The second-order valence-corrected chi connectivity index (χ2v) is 1.14. The van der Waals surface area contributed by atoms with Crippen molar-refractivity contribution in [2.24, 2.45) is 0 Å². The van der Waals surface area contributed by atoms with E-state index in [0.717, 1.165) is 0 Å². The highest BCUT2D eigenvalue weighted by atomic mass is 79.9. The molecule has 0 atom stereocenters. The predicted molar refractivity (Wildman–Crippen MR) is 30.8 cm³/mol. The lowest BCUT2D eigenvalue weighted by atomic mass is 10.7. The van der Waals surface area contributed by atoms with Gasteiger partial charge < -0.3 is 0 Å². The quantitative estimate of drug-likeness (QED) is 0.458. The zero-order valence-corrected chi connectivity index (χ0v) is 5.12. The first-order valence-electron chi connectivity index (χ1n) is 1.62. The lowest BCUT2D eigenvalue weighted by Gasteiger charge is -1.45. The first-order valence-corrected chi connectivity index (χ1v) is 2.54. The highest BCUT2D eigenvalue weighted by molar-refractivity contribution is 9.11. The minimum Gasteiger partial charge on any atom is -0.0744 e. The molecule has 0 saturated heterocycles. The molecule has 0 bridgehead atoms. The number of halogens is 1. The average Bonchev–Trinajstić information content (AvgIpc) is 1.61. The molecule has 0 aromatic heterocycles. The van der Waals surface area contributed by atoms with Crippen LogP contribution in [0.4, 0.5) is 0 Å². The van der Waals surface area contributed by atoms with Gasteiger partial charge in [0.15, 0.2) is 0 Å². The third-order valence-corrected chi connectivity index (χ3v) is 0.511. The fourth-order valence-corrected chi connectivity index (χ4v) is 0.247. The summed E-state index contributed by atoms with van der Waals surface area (Å²) in [6, 6.07) is 0. The standard InChI is InChI=1S/C5H5Br/c1-2-3-4-5-6/h2,5H,1H3. The van der Waals surface area contributed by atoms with Crippen molar-refractivity contribution in [2.75, 3.05) is 0 Å². The monoisotopic (exact) mass is 144 g/mol. The van der Waals surface area contributed by atoms with Crippen LogP contribution in [0.5, 0.6) is 0 Å². The van der Waals surface area contributed by atoms with Crippen molar-refractivity contribution in [3.05, 3.63) is 22.5 Å². The molecule has 0 saturated carbocycles. The molecule has 0 aliphatic carbocycles. The Hall–Kier alpha value is -0.220. The molecule has 0 aliphatic heterocycles. The van der Waals surface area contributed by atoms with E-state index in [1.165, 1.54) is 0 Å². The minimum atomic E-state index is 1.63. The van der Waals surface area contributed by atoms with Crippen molar-refractivity contribution in [2.45, 2.75) is 6.92 Å². The minimum absolute atomic E-state index is 1.63. The van der Waals surface area contributed by atoms with Gasteiger partial charge in [-0.3, -0.25) is 0 Å². The molecule has 0 aromatic rings. The van der Waals surface area contributed by atoms with Crippen molar-refractivity contribution in [1.29, 1.82) is 0 Å². The summed E-state index contributed by atoms with van der Waals surface area (Å²) in [6.07, 6.45) is 1.79. The van der Waals surface area contributed by atoms with Crippen LogP contribution in [0.2, 0.25) is 0 Å². The van der Waals surface area contributed by atoms with Gasteiger partial charge in [-0.25, -0.2) is 0 Å². The molecule has 0 nitrogen and oxygen atoms in total. The van der Waals surface area contributed by atoms with Gasteiger partial charge >= 0.3 is 0 Å². The fraction of sp³-hybridized carbons (Fsp3) is 0.200. The van der Waals surface area contributed by atoms with E-state index >= 15 is 0 Å². The number of hydrogen-bond donors (Lipinski definition) is 0. The summed E-state index contributed by atoms with van der Waals surface area (Å²) < 4.78 is 0. The van der Waals surface area contributed by atoms with Crippen LogP contribution in [0, 0.1) is 0 Å². The topological polar surface area (TPSA) is 0 Å². The van der Waals surface area contributed by atoms with Gasteiger partial charge in [0.25, 0.3) is 0 Å². The molecule has 0 amide bonds. The van der Waals surface area contributed by atoms with Crippen LogP contribution in [-0.4, -0.2) is 0 Å². The van der Waals surface area contributed by atoms with E-state index in [4.69, 9.17) is 0 Å². The summed E-state index contributed by atoms with van der Waals surface area (Å²) in [5.41, 5.74) is 5.40. The summed E-state index contributed by atoms with van der Waals surface area (Å²) >= 11 is 3.03. The molecular weight excluding hydrogens is 140 g/mol. The van der Waals surface area contributed by atoms with Crippen molar-refractivity contribution in [1.82, 2.24) is 0 Å². The van der Waals surface area contributed by atoms with Crippen molar-refractivity contribution in [3.63, 3.8) is 0 Å². The van der Waals surface area contributed by atoms with Crippen LogP contribution in [0.25, 0.3) is 0 Å². The van der Waals surface area contributed by atoms with Gasteiger partial charge in [-0.1, -0.05) is 11.5 Å². The molecule has 0 unspecified atom stereocenters. The van der Waals surface area contributed by atoms with Crippen LogP contribution in [0.1, 0.15) is 6.92 Å². The number of hydrogen-bond acceptors (Lipinski definition) is 0. The lowest BCUT2D eigenvalue weighted by molar-refractivity contribution is 1.78. The maximum atomic E-state index is 3.03. The molecular formula is C5H5Br. The second kappa shape index (κ2) is 4.78. The molecule has 0 fully saturated rings. The Morgan fingerprint density at radius 2 is 2.17 bits per heavy atom. The van der Waals surface area contributed by atoms with Gasteiger partial charge in [0.2, 0.25) is 0 Å². The molecule has 0 radical (unpaired) electrons. The number of allylic oxidation sites excluding steroid dienone is 1. The zero-order valence-electron chi connectivity index (χ0n) is 3.53. The lowest BCUT2D eigenvalue weighted by Crippen LogP contribution is -1.22. The summed E-state index contributed by atoms with van der Waals surface area (Å²) in [6.45, 7) is 1.89. The third kappa shape index (κ3) is 3.78. The second-order valence-electron chi connectivity index (χ2n) is 0.686. The Balaban J connectivity index is 3.79. The Morgan fingerprint density at radius 1 is 1.50 bits per heavy atom. The van der Waals surface area contributed by atoms with E-state index in [2.05, 4.69) is 27.4 Å². The van der Waals surface area contributed by atoms with Crippen LogP contribution in [0.3, 0.4) is 0 Å². The van der Waals surface area contributed by atoms with Gasteiger partial charge in [0.05, 0.1) is 0 Å². The van der Waals surface area contributed by atoms with Gasteiger partial charge in [-0.05, 0) is 28.9 Å². The van der Waals surface area contributed by atoms with Crippen molar-refractivity contribution >= 4 is 15.9 Å². The summed E-state index contributed by atoms with van der Waals surface area (Å²) in [7, 11) is 0. The van der Waals surface area contributed by atoms with E-state index in [0.29, 0.717) is 0 Å². The van der Waals surface area contributed by atoms with Crippen molar-refractivity contribution < 1.29 is 0 Å². The molecule has 0 heterocycles. The van der Waals surface area contributed by atoms with E-state index in [-0.39, 0.29) is 0 Å². The number of rotatable bonds is 0. The highest BCUT2D eigenvalue weighted by Crippen LogP contribution is 1.74. The Kier molecular flexibility index (Phi) is 4.60. The Labute approximate surface area is 46.0 Å². The van der Waals surface area contributed by atoms with Crippen LogP contribution in [-0.2, 0) is 0 Å². The van der Waals surface area contributed by atoms with Crippen LogP contribution >= 0.6 is 15.9 Å². The normalized spacial score (nSPS) is 5.00. The van der Waals surface area contributed by atoms with Crippen molar-refractivity contribution in [3.8, 4) is 0 Å². The first kappa shape index (κ1) is 5.78. The van der Waals surface area contributed by atoms with Gasteiger partial charge in [-0.15, -0.1) is 0 Å². The molecule has 32 valence electrons. The zero-order chi connectivity index (χ0) is 4.83. The molecule has 0 aliphatic rings. The van der Waals surface area contributed by atoms with Gasteiger partial charge in [0.1, 0.15) is 0 Å². The SMILES string of the molecule is CC=C=C=CBr. The van der Waals surface area contributed by atoms with E-state index in [9.17, 15) is 0 Å². The van der Waals surface area contributed by atoms with Gasteiger partial charge in [-0.2, -0.15) is 0 Å². The molecule has 0 rings (SSSR count). The molecule has 1 heteroatoms. The molecule has 0 spiro atoms. The summed E-state index contributed by atoms with van der Waals surface area (Å²) in [4.78, 5) is 1.63. The van der Waals surface area contributed by atoms with E-state index in [1.54, 1.807) is 11.1 Å². The maximum Gasteiger partial charge on any atom is 0.0316 e. The predicted octanol–water partition coefficient (Wildman–Crippen LogP) is 2.23. The fourth-order valence-electron chi connectivity index (χ4n) is 0.115. The van der Waals surface area contributed by atoms with Crippen LogP contribution < -0.4 is 0 Å². The summed E-state index contributed by atoms with van der Waals surface area (Å²) in [5, 5.41) is 0. The average molecular weight is 145 g/mol. The van der Waals surface area contributed by atoms with Gasteiger partial charge in [0, 0.05) is 4.99 Å². The maximum absolute atomic E-state index is 3.03.